The number of hydrogen-bond donors (Lipinski definition) is 1. The topological polar surface area (TPSA) is 23.5 Å². The van der Waals surface area contributed by atoms with Crippen molar-refractivity contribution in [2.24, 2.45) is 0 Å². The minimum atomic E-state index is -4.81. The molecule has 0 saturated carbocycles. The summed E-state index contributed by atoms with van der Waals surface area (Å²) in [6.07, 6.45) is -0.631. The molecule has 1 heterocycles. The largest absolute Gasteiger partial charge is 0.426 e. The average molecular weight is 383 g/mol. The van der Waals surface area contributed by atoms with Crippen LogP contribution in [0.2, 0.25) is 0 Å². The second kappa shape index (κ2) is 7.84. The molecule has 1 N–H and O–H groups in total. The number of hydrogen-bond acceptors (Lipinski definition) is 3. The third-order valence-electron chi connectivity index (χ3n) is 4.56. The summed E-state index contributed by atoms with van der Waals surface area (Å²) in [6.45, 7) is 6.41. The number of rotatable bonds is 6. The Kier molecular flexibility index (Phi) is 6.19. The summed E-state index contributed by atoms with van der Waals surface area (Å²) in [6, 6.07) is 6.07. The smallest absolute Gasteiger partial charge is 0.381 e. The predicted octanol–water partition coefficient (Wildman–Crippen LogP) is 5.34. The highest BCUT2D eigenvalue weighted by atomic mass is 32.1. The van der Waals surface area contributed by atoms with Crippen LogP contribution in [0.4, 0.5) is 13.2 Å². The van der Waals surface area contributed by atoms with Gasteiger partial charge < -0.3 is 10.0 Å². The van der Waals surface area contributed by atoms with Crippen molar-refractivity contribution in [3.63, 3.8) is 0 Å². The van der Waals surface area contributed by atoms with Gasteiger partial charge in [0.05, 0.1) is 0 Å². The number of aryl methyl sites for hydroxylation is 2. The lowest BCUT2D eigenvalue weighted by atomic mass is 9.84. The second-order valence-corrected chi connectivity index (χ2v) is 7.24. The molecule has 6 heteroatoms. The van der Waals surface area contributed by atoms with Crippen LogP contribution in [0.3, 0.4) is 0 Å². The van der Waals surface area contributed by atoms with Crippen LogP contribution in [0.25, 0.3) is 6.08 Å². The first-order valence-corrected chi connectivity index (χ1v) is 9.38. The maximum Gasteiger partial charge on any atom is 0.426 e. The Morgan fingerprint density at radius 3 is 2.42 bits per heavy atom. The summed E-state index contributed by atoms with van der Waals surface area (Å²) in [5, 5.41) is 12.4. The normalized spacial score (nSPS) is 14.6. The molecular formula is C20H24F3NOS. The van der Waals surface area contributed by atoms with Gasteiger partial charge in [0, 0.05) is 24.0 Å². The molecule has 0 aliphatic carbocycles. The van der Waals surface area contributed by atoms with Gasteiger partial charge >= 0.3 is 6.18 Å². The molecule has 2 nitrogen and oxygen atoms in total. The first kappa shape index (κ1) is 20.5. The molecular weight excluding hydrogens is 359 g/mol. The van der Waals surface area contributed by atoms with E-state index in [9.17, 15) is 18.3 Å². The van der Waals surface area contributed by atoms with E-state index in [1.54, 1.807) is 25.3 Å². The molecule has 0 aliphatic heterocycles. The van der Waals surface area contributed by atoms with Gasteiger partial charge in [-0.2, -0.15) is 13.2 Å². The molecule has 0 bridgehead atoms. The molecule has 26 heavy (non-hydrogen) atoms. The molecule has 1 atom stereocenters. The van der Waals surface area contributed by atoms with Crippen molar-refractivity contribution in [3.8, 4) is 0 Å². The SMILES string of the molecule is CCc1cc(/C=C/N(C)CC)c(C)cc1C(O)(c1cccs1)C(F)(F)F. The summed E-state index contributed by atoms with van der Waals surface area (Å²) in [5.41, 5.74) is -1.06. The Morgan fingerprint density at radius 2 is 1.92 bits per heavy atom. The van der Waals surface area contributed by atoms with Gasteiger partial charge in [-0.3, -0.25) is 0 Å². The van der Waals surface area contributed by atoms with E-state index in [4.69, 9.17) is 0 Å². The number of nitrogens with zero attached hydrogens (tertiary/aromatic N) is 1. The van der Waals surface area contributed by atoms with Gasteiger partial charge in [0.25, 0.3) is 0 Å². The van der Waals surface area contributed by atoms with Gasteiger partial charge in [-0.25, -0.2) is 0 Å². The van der Waals surface area contributed by atoms with Crippen LogP contribution in [-0.4, -0.2) is 29.8 Å². The summed E-state index contributed by atoms with van der Waals surface area (Å²) < 4.78 is 41.8. The molecule has 2 rings (SSSR count). The van der Waals surface area contributed by atoms with Crippen molar-refractivity contribution in [1.29, 1.82) is 0 Å². The molecule has 0 saturated heterocycles. The van der Waals surface area contributed by atoms with Crippen LogP contribution in [0.5, 0.6) is 0 Å². The summed E-state index contributed by atoms with van der Waals surface area (Å²) in [7, 11) is 1.93. The van der Waals surface area contributed by atoms with Gasteiger partial charge in [0.2, 0.25) is 5.60 Å². The number of benzene rings is 1. The van der Waals surface area contributed by atoms with E-state index < -0.39 is 11.8 Å². The van der Waals surface area contributed by atoms with E-state index in [1.165, 1.54) is 18.2 Å². The zero-order valence-corrected chi connectivity index (χ0v) is 16.2. The molecule has 2 aromatic rings. The van der Waals surface area contributed by atoms with Crippen LogP contribution in [-0.2, 0) is 12.0 Å². The van der Waals surface area contributed by atoms with Crippen LogP contribution < -0.4 is 0 Å². The number of thiophene rings is 1. The Bertz CT molecular complexity index is 768. The van der Waals surface area contributed by atoms with Gasteiger partial charge in [0.15, 0.2) is 0 Å². The summed E-state index contributed by atoms with van der Waals surface area (Å²) in [5.74, 6) is 0. The molecule has 0 fully saturated rings. The van der Waals surface area contributed by atoms with E-state index in [2.05, 4.69) is 0 Å². The van der Waals surface area contributed by atoms with Crippen molar-refractivity contribution >= 4 is 17.4 Å². The minimum Gasteiger partial charge on any atom is -0.381 e. The lowest BCUT2D eigenvalue weighted by Gasteiger charge is -2.32. The van der Waals surface area contributed by atoms with Crippen LogP contribution in [0.15, 0.2) is 35.8 Å². The van der Waals surface area contributed by atoms with E-state index in [0.717, 1.165) is 23.4 Å². The van der Waals surface area contributed by atoms with E-state index in [1.807, 2.05) is 31.1 Å². The zero-order chi connectivity index (χ0) is 19.5. The molecule has 1 aromatic heterocycles. The monoisotopic (exact) mass is 383 g/mol. The average Bonchev–Trinajstić information content (AvgIpc) is 3.13. The second-order valence-electron chi connectivity index (χ2n) is 6.29. The van der Waals surface area contributed by atoms with Gasteiger partial charge in [-0.1, -0.05) is 25.1 Å². The van der Waals surface area contributed by atoms with Crippen LogP contribution in [0, 0.1) is 6.92 Å². The Morgan fingerprint density at radius 1 is 1.23 bits per heavy atom. The third kappa shape index (κ3) is 3.81. The highest BCUT2D eigenvalue weighted by molar-refractivity contribution is 7.10. The fourth-order valence-electron chi connectivity index (χ4n) is 2.80. The molecule has 142 valence electrons. The fraction of sp³-hybridized carbons (Fsp3) is 0.400. The lowest BCUT2D eigenvalue weighted by molar-refractivity contribution is -0.247. The molecule has 0 radical (unpaired) electrons. The molecule has 1 unspecified atom stereocenters. The minimum absolute atomic E-state index is 0.0894. The predicted molar refractivity (Wildman–Crippen MR) is 101 cm³/mol. The van der Waals surface area contributed by atoms with Crippen molar-refractivity contribution in [1.82, 2.24) is 4.90 Å². The highest BCUT2D eigenvalue weighted by Gasteiger charge is 2.57. The first-order valence-electron chi connectivity index (χ1n) is 8.50. The van der Waals surface area contributed by atoms with Gasteiger partial charge in [0.1, 0.15) is 0 Å². The fourth-order valence-corrected chi connectivity index (χ4v) is 3.66. The number of aliphatic hydroxyl groups is 1. The molecule has 0 spiro atoms. The van der Waals surface area contributed by atoms with E-state index in [0.29, 0.717) is 17.5 Å². The van der Waals surface area contributed by atoms with Crippen molar-refractivity contribution < 1.29 is 18.3 Å². The van der Waals surface area contributed by atoms with Crippen molar-refractivity contribution in [2.75, 3.05) is 13.6 Å². The molecule has 0 amide bonds. The summed E-state index contributed by atoms with van der Waals surface area (Å²) >= 11 is 0.907. The van der Waals surface area contributed by atoms with Gasteiger partial charge in [-0.05, 0) is 60.7 Å². The Labute approximate surface area is 156 Å². The lowest BCUT2D eigenvalue weighted by Crippen LogP contribution is -2.43. The summed E-state index contributed by atoms with van der Waals surface area (Å²) in [4.78, 5) is 1.87. The number of halogens is 3. The highest BCUT2D eigenvalue weighted by Crippen LogP contribution is 2.47. The number of alkyl halides is 3. The first-order chi connectivity index (χ1) is 12.1. The standard InChI is InChI=1S/C20H24F3NOS/c1-5-15-13-16(9-10-24(4)6-2)14(3)12-17(15)19(25,20(21,22)23)18-8-7-11-26-18/h7-13,25H,5-6H2,1-4H3/b10-9+. The Balaban J connectivity index is 2.64. The zero-order valence-electron chi connectivity index (χ0n) is 15.4. The maximum absolute atomic E-state index is 13.9. The molecule has 1 aromatic carbocycles. The van der Waals surface area contributed by atoms with E-state index >= 15 is 0 Å². The van der Waals surface area contributed by atoms with Crippen molar-refractivity contribution in [3.05, 3.63) is 63.0 Å². The molecule has 0 aliphatic rings. The quantitative estimate of drug-likeness (QED) is 0.728. The van der Waals surface area contributed by atoms with Crippen molar-refractivity contribution in [2.45, 2.75) is 39.0 Å². The maximum atomic E-state index is 13.9. The Hall–Kier alpha value is -1.79. The van der Waals surface area contributed by atoms with Crippen LogP contribution in [0.1, 0.15) is 41.0 Å². The van der Waals surface area contributed by atoms with Crippen LogP contribution >= 0.6 is 11.3 Å². The third-order valence-corrected chi connectivity index (χ3v) is 5.54. The van der Waals surface area contributed by atoms with Gasteiger partial charge in [-0.15, -0.1) is 11.3 Å². The van der Waals surface area contributed by atoms with E-state index in [-0.39, 0.29) is 10.4 Å².